The third kappa shape index (κ3) is 3.76. The quantitative estimate of drug-likeness (QED) is 0.604. The number of carbonyl (C=O) groups excluding carboxylic acids is 1. The Morgan fingerprint density at radius 1 is 1.09 bits per heavy atom. The lowest BCUT2D eigenvalue weighted by Crippen LogP contribution is -2.39. The molecule has 1 saturated heterocycles. The van der Waals surface area contributed by atoms with Crippen molar-refractivity contribution in [3.05, 3.63) is 65.4 Å². The number of aromatic amines is 1. The van der Waals surface area contributed by atoms with Gasteiger partial charge in [-0.05, 0) is 54.5 Å². The van der Waals surface area contributed by atoms with Crippen LogP contribution in [0.15, 0.2) is 48.5 Å². The molecule has 3 heterocycles. The van der Waals surface area contributed by atoms with E-state index < -0.39 is 9.84 Å². The highest BCUT2D eigenvalue weighted by molar-refractivity contribution is 7.91. The highest BCUT2D eigenvalue weighted by Crippen LogP contribution is 2.38. The molecule has 3 aromatic rings. The molecule has 2 aliphatic heterocycles. The average molecular weight is 448 g/mol. The third-order valence-corrected chi connectivity index (χ3v) is 8.29. The van der Waals surface area contributed by atoms with Crippen molar-refractivity contribution in [1.82, 2.24) is 9.88 Å². The van der Waals surface area contributed by atoms with Crippen molar-refractivity contribution in [3.8, 4) is 12.3 Å². The number of nitrogens with one attached hydrogen (secondary N) is 2. The normalized spacial score (nSPS) is 20.5. The highest BCUT2D eigenvalue weighted by atomic mass is 32.2. The predicted molar refractivity (Wildman–Crippen MR) is 126 cm³/mol. The first-order chi connectivity index (χ1) is 15.4. The van der Waals surface area contributed by atoms with Crippen LogP contribution in [0.3, 0.4) is 0 Å². The van der Waals surface area contributed by atoms with E-state index in [0.29, 0.717) is 19.4 Å². The maximum atomic E-state index is 12.6. The second kappa shape index (κ2) is 8.03. The van der Waals surface area contributed by atoms with Gasteiger partial charge in [0, 0.05) is 34.9 Å². The maximum Gasteiger partial charge on any atom is 0.299 e. The molecule has 164 valence electrons. The maximum absolute atomic E-state index is 12.6. The van der Waals surface area contributed by atoms with E-state index in [2.05, 4.69) is 28.4 Å². The predicted octanol–water partition coefficient (Wildman–Crippen LogP) is 3.26. The number of nitrogens with zero attached hydrogens (tertiary/aromatic N) is 1. The zero-order valence-electron chi connectivity index (χ0n) is 17.7. The summed E-state index contributed by atoms with van der Waals surface area (Å²) in [6, 6.07) is 16.1. The molecule has 0 saturated carbocycles. The van der Waals surface area contributed by atoms with Gasteiger partial charge in [0.1, 0.15) is 9.84 Å². The molecule has 0 spiro atoms. The van der Waals surface area contributed by atoms with Crippen molar-refractivity contribution >= 4 is 32.3 Å². The lowest BCUT2D eigenvalue weighted by Gasteiger charge is -2.35. The fraction of sp³-hybridized carbons (Fsp3) is 0.320. The summed E-state index contributed by atoms with van der Waals surface area (Å²) in [7, 11) is -2.88. The zero-order valence-corrected chi connectivity index (χ0v) is 18.5. The van der Waals surface area contributed by atoms with Crippen molar-refractivity contribution in [1.29, 1.82) is 0 Å². The van der Waals surface area contributed by atoms with Gasteiger partial charge >= 0.3 is 0 Å². The molecule has 2 aliphatic rings. The van der Waals surface area contributed by atoms with Gasteiger partial charge in [0.05, 0.1) is 17.5 Å². The summed E-state index contributed by atoms with van der Waals surface area (Å²) in [6.45, 7) is 0.569. The van der Waals surface area contributed by atoms with Crippen LogP contribution in [0.2, 0.25) is 0 Å². The Kier molecular flexibility index (Phi) is 5.18. The van der Waals surface area contributed by atoms with Crippen LogP contribution in [0, 0.1) is 12.3 Å². The molecule has 0 aliphatic carbocycles. The number of hydrogen-bond acceptors (Lipinski definition) is 4. The number of amides is 1. The zero-order chi connectivity index (χ0) is 22.3. The van der Waals surface area contributed by atoms with E-state index in [0.717, 1.165) is 28.9 Å². The molecule has 7 heteroatoms. The van der Waals surface area contributed by atoms with Gasteiger partial charge in [-0.2, -0.15) is 0 Å². The third-order valence-electron chi connectivity index (χ3n) is 6.57. The largest absolute Gasteiger partial charge is 0.382 e. The van der Waals surface area contributed by atoms with Gasteiger partial charge in [0.25, 0.3) is 5.91 Å². The second-order valence-corrected chi connectivity index (χ2v) is 10.9. The Morgan fingerprint density at radius 3 is 2.53 bits per heavy atom. The summed E-state index contributed by atoms with van der Waals surface area (Å²) >= 11 is 0. The standard InChI is InChI=1S/C25H25N3O3S/c1-2-23(29)28-14-11-21-20-5-3-4-6-22(20)27-24(21)25(28)17-7-9-18(10-8-17)26-19-12-15-32(30,31)16-13-19/h1,3-10,19,25-27H,11-16H2/t25-/m0/s1. The number of sulfone groups is 1. The molecule has 0 unspecified atom stereocenters. The minimum atomic E-state index is -2.88. The summed E-state index contributed by atoms with van der Waals surface area (Å²) in [5.74, 6) is 2.43. The second-order valence-electron chi connectivity index (χ2n) is 8.55. The summed E-state index contributed by atoms with van der Waals surface area (Å²) < 4.78 is 23.3. The topological polar surface area (TPSA) is 82.3 Å². The monoisotopic (exact) mass is 447 g/mol. The van der Waals surface area contributed by atoms with E-state index in [9.17, 15) is 13.2 Å². The SMILES string of the molecule is C#CC(=O)N1CCc2c([nH]c3ccccc23)[C@@H]1c1ccc(NC2CCS(=O)(=O)CC2)cc1. The molecule has 32 heavy (non-hydrogen) atoms. The molecule has 1 amide bonds. The van der Waals surface area contributed by atoms with Crippen LogP contribution in [0.1, 0.15) is 35.7 Å². The molecule has 1 aromatic heterocycles. The van der Waals surface area contributed by atoms with E-state index in [1.807, 2.05) is 36.4 Å². The molecular weight excluding hydrogens is 422 g/mol. The van der Waals surface area contributed by atoms with Crippen molar-refractivity contribution in [2.24, 2.45) is 0 Å². The Bertz CT molecular complexity index is 1300. The van der Waals surface area contributed by atoms with Crippen molar-refractivity contribution in [2.45, 2.75) is 31.3 Å². The van der Waals surface area contributed by atoms with Crippen LogP contribution < -0.4 is 5.32 Å². The van der Waals surface area contributed by atoms with Gasteiger partial charge in [-0.3, -0.25) is 4.79 Å². The summed E-state index contributed by atoms with van der Waals surface area (Å²) in [4.78, 5) is 17.9. The first kappa shape index (κ1) is 20.7. The number of rotatable bonds is 3. The Balaban J connectivity index is 1.45. The summed E-state index contributed by atoms with van der Waals surface area (Å²) in [6.07, 6.45) is 7.48. The van der Waals surface area contributed by atoms with Crippen LogP contribution >= 0.6 is 0 Å². The number of carbonyl (C=O) groups is 1. The van der Waals surface area contributed by atoms with E-state index in [-0.39, 0.29) is 29.5 Å². The Morgan fingerprint density at radius 2 is 1.81 bits per heavy atom. The molecule has 0 radical (unpaired) electrons. The number of terminal acetylenes is 1. The molecule has 2 aromatic carbocycles. The number of benzene rings is 2. The number of fused-ring (bicyclic) bond motifs is 3. The van der Waals surface area contributed by atoms with Crippen molar-refractivity contribution < 1.29 is 13.2 Å². The first-order valence-electron chi connectivity index (χ1n) is 10.9. The minimum absolute atomic E-state index is 0.152. The van der Waals surface area contributed by atoms with Crippen LogP contribution in [0.25, 0.3) is 10.9 Å². The number of anilines is 1. The number of H-pyrrole nitrogens is 1. The van der Waals surface area contributed by atoms with Crippen LogP contribution in [0.4, 0.5) is 5.69 Å². The lowest BCUT2D eigenvalue weighted by molar-refractivity contribution is -0.127. The van der Waals surface area contributed by atoms with Gasteiger partial charge < -0.3 is 15.2 Å². The smallest absolute Gasteiger partial charge is 0.299 e. The van der Waals surface area contributed by atoms with E-state index >= 15 is 0 Å². The van der Waals surface area contributed by atoms with E-state index in [1.54, 1.807) is 4.90 Å². The molecule has 1 atom stereocenters. The van der Waals surface area contributed by atoms with E-state index in [1.165, 1.54) is 10.9 Å². The van der Waals surface area contributed by atoms with Gasteiger partial charge in [0.15, 0.2) is 0 Å². The van der Waals surface area contributed by atoms with Crippen LogP contribution in [0.5, 0.6) is 0 Å². The fourth-order valence-corrected chi connectivity index (χ4v) is 6.41. The number of para-hydroxylation sites is 1. The minimum Gasteiger partial charge on any atom is -0.382 e. The van der Waals surface area contributed by atoms with Gasteiger partial charge in [-0.25, -0.2) is 8.42 Å². The first-order valence-corrected chi connectivity index (χ1v) is 12.7. The summed E-state index contributed by atoms with van der Waals surface area (Å²) in [5.41, 5.74) is 5.23. The molecule has 2 N–H and O–H groups in total. The van der Waals surface area contributed by atoms with Crippen LogP contribution in [-0.4, -0.2) is 48.3 Å². The average Bonchev–Trinajstić information content (AvgIpc) is 3.18. The molecule has 5 rings (SSSR count). The van der Waals surface area contributed by atoms with Crippen molar-refractivity contribution in [3.63, 3.8) is 0 Å². The molecule has 0 bridgehead atoms. The van der Waals surface area contributed by atoms with Crippen LogP contribution in [-0.2, 0) is 21.1 Å². The lowest BCUT2D eigenvalue weighted by atomic mass is 9.92. The molecule has 1 fully saturated rings. The molecule has 6 nitrogen and oxygen atoms in total. The van der Waals surface area contributed by atoms with Crippen molar-refractivity contribution in [2.75, 3.05) is 23.4 Å². The summed E-state index contributed by atoms with van der Waals surface area (Å²) in [5, 5.41) is 4.64. The molecular formula is C25H25N3O3S. The Labute approximate surface area is 187 Å². The highest BCUT2D eigenvalue weighted by Gasteiger charge is 2.34. The van der Waals surface area contributed by atoms with Gasteiger partial charge in [-0.15, -0.1) is 6.42 Å². The van der Waals surface area contributed by atoms with Gasteiger partial charge in [-0.1, -0.05) is 30.3 Å². The van der Waals surface area contributed by atoms with E-state index in [4.69, 9.17) is 6.42 Å². The van der Waals surface area contributed by atoms with Gasteiger partial charge in [0.2, 0.25) is 0 Å². The number of aromatic nitrogens is 1. The fourth-order valence-electron chi connectivity index (χ4n) is 4.92. The number of hydrogen-bond donors (Lipinski definition) is 2. The Hall–Kier alpha value is -3.24.